The summed E-state index contributed by atoms with van der Waals surface area (Å²) >= 11 is 6.22. The molecule has 7 nitrogen and oxygen atoms in total. The van der Waals surface area contributed by atoms with Crippen LogP contribution in [-0.4, -0.2) is 43.0 Å². The number of aryl methyl sites for hydroxylation is 1. The lowest BCUT2D eigenvalue weighted by molar-refractivity contribution is 0.102. The first kappa shape index (κ1) is 22.2. The SMILES string of the molecule is COc1ccc(-n2ncc(C(=O)Nc3cc(C)c(Cl)cc3OC)c2C2CCNCC2)cc1. The Bertz CT molecular complexity index is 1110. The van der Waals surface area contributed by atoms with E-state index in [1.54, 1.807) is 26.5 Å². The highest BCUT2D eigenvalue weighted by Gasteiger charge is 2.27. The van der Waals surface area contributed by atoms with E-state index in [1.807, 2.05) is 41.9 Å². The number of nitrogens with one attached hydrogen (secondary N) is 2. The minimum absolute atomic E-state index is 0.218. The first-order valence-electron chi connectivity index (χ1n) is 10.6. The van der Waals surface area contributed by atoms with Gasteiger partial charge in [0.1, 0.15) is 11.5 Å². The van der Waals surface area contributed by atoms with Gasteiger partial charge >= 0.3 is 0 Å². The maximum Gasteiger partial charge on any atom is 0.259 e. The summed E-state index contributed by atoms with van der Waals surface area (Å²) in [5, 5.41) is 11.6. The van der Waals surface area contributed by atoms with Gasteiger partial charge in [0.05, 0.1) is 43.0 Å². The van der Waals surface area contributed by atoms with Crippen LogP contribution >= 0.6 is 11.6 Å². The fourth-order valence-electron chi connectivity index (χ4n) is 4.07. The Hall–Kier alpha value is -3.03. The number of rotatable bonds is 6. The van der Waals surface area contributed by atoms with E-state index in [9.17, 15) is 4.79 Å². The summed E-state index contributed by atoms with van der Waals surface area (Å²) in [7, 11) is 3.19. The van der Waals surface area contributed by atoms with Crippen LogP contribution in [0.3, 0.4) is 0 Å². The zero-order valence-corrected chi connectivity index (χ0v) is 19.2. The quantitative estimate of drug-likeness (QED) is 0.570. The Balaban J connectivity index is 1.72. The molecule has 0 unspecified atom stereocenters. The number of amides is 1. The number of hydrogen-bond donors (Lipinski definition) is 2. The van der Waals surface area contributed by atoms with Gasteiger partial charge in [-0.3, -0.25) is 4.79 Å². The van der Waals surface area contributed by atoms with Crippen molar-refractivity contribution in [1.29, 1.82) is 0 Å². The second-order valence-electron chi connectivity index (χ2n) is 7.83. The number of nitrogens with zero attached hydrogens (tertiary/aromatic N) is 2. The molecule has 168 valence electrons. The number of carbonyl (C=O) groups is 1. The maximum absolute atomic E-state index is 13.4. The Kier molecular flexibility index (Phi) is 6.67. The molecule has 4 rings (SSSR count). The molecule has 1 aromatic heterocycles. The molecule has 1 aliphatic heterocycles. The Morgan fingerprint density at radius 3 is 2.53 bits per heavy atom. The fourth-order valence-corrected chi connectivity index (χ4v) is 4.22. The molecular weight excluding hydrogens is 428 g/mol. The van der Waals surface area contributed by atoms with Crippen molar-refractivity contribution in [3.05, 3.63) is 64.4 Å². The third kappa shape index (κ3) is 4.45. The largest absolute Gasteiger partial charge is 0.497 e. The summed E-state index contributed by atoms with van der Waals surface area (Å²) in [5.41, 5.74) is 3.79. The topological polar surface area (TPSA) is 77.4 Å². The molecule has 0 atom stereocenters. The first-order chi connectivity index (χ1) is 15.5. The minimum atomic E-state index is -0.224. The molecule has 0 radical (unpaired) electrons. The average Bonchev–Trinajstić information content (AvgIpc) is 3.27. The van der Waals surface area contributed by atoms with Crippen molar-refractivity contribution in [2.75, 3.05) is 32.6 Å². The van der Waals surface area contributed by atoms with Crippen LogP contribution in [-0.2, 0) is 0 Å². The zero-order valence-electron chi connectivity index (χ0n) is 18.4. The molecule has 8 heteroatoms. The van der Waals surface area contributed by atoms with Crippen molar-refractivity contribution in [3.63, 3.8) is 0 Å². The van der Waals surface area contributed by atoms with E-state index in [2.05, 4.69) is 15.7 Å². The number of benzene rings is 2. The number of hydrogen-bond acceptors (Lipinski definition) is 5. The van der Waals surface area contributed by atoms with E-state index < -0.39 is 0 Å². The van der Waals surface area contributed by atoms with Crippen LogP contribution < -0.4 is 20.1 Å². The normalized spacial score (nSPS) is 14.2. The summed E-state index contributed by atoms with van der Waals surface area (Å²) in [4.78, 5) is 13.4. The molecule has 1 amide bonds. The minimum Gasteiger partial charge on any atom is -0.497 e. The lowest BCUT2D eigenvalue weighted by Crippen LogP contribution is -2.29. The monoisotopic (exact) mass is 454 g/mol. The third-order valence-electron chi connectivity index (χ3n) is 5.82. The molecule has 32 heavy (non-hydrogen) atoms. The average molecular weight is 455 g/mol. The van der Waals surface area contributed by atoms with Crippen LogP contribution in [0.25, 0.3) is 5.69 Å². The van der Waals surface area contributed by atoms with E-state index >= 15 is 0 Å². The molecule has 2 heterocycles. The van der Waals surface area contributed by atoms with Crippen molar-refractivity contribution in [3.8, 4) is 17.2 Å². The Labute approximate surface area is 192 Å². The Morgan fingerprint density at radius 1 is 1.16 bits per heavy atom. The van der Waals surface area contributed by atoms with Gasteiger partial charge in [-0.2, -0.15) is 5.10 Å². The van der Waals surface area contributed by atoms with Crippen molar-refractivity contribution in [2.45, 2.75) is 25.7 Å². The number of anilines is 1. The highest BCUT2D eigenvalue weighted by Crippen LogP contribution is 2.34. The molecule has 0 bridgehead atoms. The summed E-state index contributed by atoms with van der Waals surface area (Å²) in [6.45, 7) is 3.70. The van der Waals surface area contributed by atoms with E-state index in [0.29, 0.717) is 22.0 Å². The molecule has 0 spiro atoms. The third-order valence-corrected chi connectivity index (χ3v) is 6.23. The number of ether oxygens (including phenoxy) is 2. The number of halogens is 1. The smallest absolute Gasteiger partial charge is 0.259 e. The van der Waals surface area contributed by atoms with Gasteiger partial charge in [-0.25, -0.2) is 4.68 Å². The van der Waals surface area contributed by atoms with Gasteiger partial charge in [-0.1, -0.05) is 11.6 Å². The van der Waals surface area contributed by atoms with Crippen molar-refractivity contribution < 1.29 is 14.3 Å². The summed E-state index contributed by atoms with van der Waals surface area (Å²) in [5.74, 6) is 1.28. The highest BCUT2D eigenvalue weighted by molar-refractivity contribution is 6.31. The number of methoxy groups -OCH3 is 2. The van der Waals surface area contributed by atoms with Crippen molar-refractivity contribution in [2.24, 2.45) is 0 Å². The molecule has 1 aliphatic rings. The van der Waals surface area contributed by atoms with Gasteiger partial charge in [-0.05, 0) is 68.8 Å². The lowest BCUT2D eigenvalue weighted by Gasteiger charge is -2.25. The lowest BCUT2D eigenvalue weighted by atomic mass is 9.91. The van der Waals surface area contributed by atoms with Crippen LogP contribution in [0.15, 0.2) is 42.6 Å². The standard InChI is InChI=1S/C24H27ClN4O3/c1-15-12-21(22(32-3)13-20(15)25)28-24(30)19-14-27-29(17-4-6-18(31-2)7-5-17)23(19)16-8-10-26-11-9-16/h4-7,12-14,16,26H,8-11H2,1-3H3,(H,28,30). The highest BCUT2D eigenvalue weighted by atomic mass is 35.5. The van der Waals surface area contributed by atoms with Crippen LogP contribution in [0.2, 0.25) is 5.02 Å². The molecule has 0 saturated carbocycles. The maximum atomic E-state index is 13.4. The predicted octanol–water partition coefficient (Wildman–Crippen LogP) is 4.57. The number of piperidine rings is 1. The Morgan fingerprint density at radius 2 is 1.88 bits per heavy atom. The van der Waals surface area contributed by atoms with E-state index in [4.69, 9.17) is 21.1 Å². The summed E-state index contributed by atoms with van der Waals surface area (Å²) in [6.07, 6.45) is 3.52. The number of carbonyl (C=O) groups excluding carboxylic acids is 1. The van der Waals surface area contributed by atoms with Crippen LogP contribution in [0.5, 0.6) is 11.5 Å². The van der Waals surface area contributed by atoms with E-state index in [-0.39, 0.29) is 11.8 Å². The molecule has 2 N–H and O–H groups in total. The van der Waals surface area contributed by atoms with Gasteiger partial charge < -0.3 is 20.1 Å². The van der Waals surface area contributed by atoms with Crippen molar-refractivity contribution in [1.82, 2.24) is 15.1 Å². The molecule has 3 aromatic rings. The van der Waals surface area contributed by atoms with E-state index in [0.717, 1.165) is 48.6 Å². The summed E-state index contributed by atoms with van der Waals surface area (Å²) < 4.78 is 12.6. The van der Waals surface area contributed by atoms with Gasteiger partial charge in [0.2, 0.25) is 0 Å². The van der Waals surface area contributed by atoms with Gasteiger partial charge in [0.15, 0.2) is 0 Å². The summed E-state index contributed by atoms with van der Waals surface area (Å²) in [6, 6.07) is 11.2. The van der Waals surface area contributed by atoms with Gasteiger partial charge in [0, 0.05) is 17.0 Å². The second kappa shape index (κ2) is 9.63. The second-order valence-corrected chi connectivity index (χ2v) is 8.24. The molecular formula is C24H27ClN4O3. The van der Waals surface area contributed by atoms with E-state index in [1.165, 1.54) is 0 Å². The van der Waals surface area contributed by atoms with Crippen LogP contribution in [0.4, 0.5) is 5.69 Å². The molecule has 2 aromatic carbocycles. The van der Waals surface area contributed by atoms with Gasteiger partial charge in [0.25, 0.3) is 5.91 Å². The molecule has 0 aliphatic carbocycles. The van der Waals surface area contributed by atoms with Crippen LogP contribution in [0, 0.1) is 6.92 Å². The predicted molar refractivity (Wildman–Crippen MR) is 126 cm³/mol. The molecule has 1 fully saturated rings. The fraction of sp³-hybridized carbons (Fsp3) is 0.333. The zero-order chi connectivity index (χ0) is 22.7. The first-order valence-corrected chi connectivity index (χ1v) is 11.0. The number of aromatic nitrogens is 2. The van der Waals surface area contributed by atoms with Gasteiger partial charge in [-0.15, -0.1) is 0 Å². The van der Waals surface area contributed by atoms with Crippen molar-refractivity contribution >= 4 is 23.2 Å². The molecule has 1 saturated heterocycles. The van der Waals surface area contributed by atoms with Crippen LogP contribution in [0.1, 0.15) is 40.4 Å².